The number of hydrogen-bond acceptors (Lipinski definition) is 4. The predicted octanol–water partition coefficient (Wildman–Crippen LogP) is 5.48. The minimum atomic E-state index is -4.64. The van der Waals surface area contributed by atoms with Crippen LogP contribution in [0.4, 0.5) is 18.9 Å². The van der Waals surface area contributed by atoms with Crippen LogP contribution in [-0.4, -0.2) is 50.5 Å². The Kier molecular flexibility index (Phi) is 11.7. The Balaban J connectivity index is 2.25. The van der Waals surface area contributed by atoms with Crippen molar-refractivity contribution in [2.24, 2.45) is 5.92 Å². The molecule has 0 heterocycles. The van der Waals surface area contributed by atoms with E-state index in [-0.39, 0.29) is 49.4 Å². The van der Waals surface area contributed by atoms with Gasteiger partial charge in [0.15, 0.2) is 0 Å². The van der Waals surface area contributed by atoms with Crippen LogP contribution in [0.25, 0.3) is 0 Å². The maximum Gasteiger partial charge on any atom is 0.416 e. The number of carbonyl (C=O) groups is 2. The lowest BCUT2D eigenvalue weighted by atomic mass is 10.1. The van der Waals surface area contributed by atoms with Crippen molar-refractivity contribution >= 4 is 39.1 Å². The average Bonchev–Trinajstić information content (AvgIpc) is 2.85. The van der Waals surface area contributed by atoms with Crippen LogP contribution in [0, 0.1) is 5.92 Å². The van der Waals surface area contributed by atoms with Gasteiger partial charge in [-0.15, -0.1) is 0 Å². The Bertz CT molecular complexity index is 1220. The van der Waals surface area contributed by atoms with Crippen molar-refractivity contribution in [3.8, 4) is 0 Å². The van der Waals surface area contributed by atoms with Gasteiger partial charge in [0.05, 0.1) is 17.5 Å². The molecular weight excluding hydrogens is 555 g/mol. The topological polar surface area (TPSA) is 86.8 Å². The van der Waals surface area contributed by atoms with Gasteiger partial charge in [-0.25, -0.2) is 8.42 Å². The summed E-state index contributed by atoms with van der Waals surface area (Å²) in [5, 5.41) is 3.39. The van der Waals surface area contributed by atoms with Crippen LogP contribution in [0.1, 0.15) is 51.2 Å². The predicted molar refractivity (Wildman–Crippen MR) is 147 cm³/mol. The first-order chi connectivity index (χ1) is 18.1. The number of halogens is 4. The minimum absolute atomic E-state index is 0.0311. The highest BCUT2D eigenvalue weighted by molar-refractivity contribution is 7.92. The molecule has 0 spiro atoms. The van der Waals surface area contributed by atoms with Gasteiger partial charge >= 0.3 is 6.18 Å². The third-order valence-electron chi connectivity index (χ3n) is 5.95. The fraction of sp³-hybridized carbons (Fsp3) is 0.481. The van der Waals surface area contributed by atoms with Gasteiger partial charge in [-0.3, -0.25) is 13.9 Å². The van der Waals surface area contributed by atoms with E-state index in [0.29, 0.717) is 18.0 Å². The fourth-order valence-electron chi connectivity index (χ4n) is 3.97. The molecule has 0 radical (unpaired) electrons. The molecule has 1 atom stereocenters. The van der Waals surface area contributed by atoms with Crippen molar-refractivity contribution in [2.45, 2.75) is 58.8 Å². The molecule has 39 heavy (non-hydrogen) atoms. The number of sulfonamides is 1. The molecule has 12 heteroatoms. The maximum absolute atomic E-state index is 13.4. The molecule has 2 rings (SSSR count). The van der Waals surface area contributed by atoms with E-state index in [0.717, 1.165) is 34.3 Å². The normalized spacial score (nSPS) is 12.7. The lowest BCUT2D eigenvalue weighted by Crippen LogP contribution is -2.49. The molecule has 0 aliphatic carbocycles. The standard InChI is InChI=1S/C27H35ClF3N3O4S/c1-5-24(26(36)32-17-19(2)3)33(18-20-11-13-22(28)14-12-20)25(35)10-7-15-34(39(4,37)38)23-9-6-8-21(16-23)27(29,30)31/h6,8-9,11-14,16,19,24H,5,7,10,15,17-18H2,1-4H3,(H,32,36)/t24-/m0/s1. The third kappa shape index (κ3) is 10.0. The molecule has 2 aromatic rings. The number of anilines is 1. The van der Waals surface area contributed by atoms with Gasteiger partial charge in [-0.05, 0) is 54.7 Å². The van der Waals surface area contributed by atoms with Crippen LogP contribution >= 0.6 is 11.6 Å². The first-order valence-electron chi connectivity index (χ1n) is 12.6. The zero-order valence-corrected chi connectivity index (χ0v) is 24.0. The van der Waals surface area contributed by atoms with Crippen LogP contribution in [0.3, 0.4) is 0 Å². The Hall–Kier alpha value is -2.79. The Morgan fingerprint density at radius 3 is 2.26 bits per heavy atom. The molecule has 0 bridgehead atoms. The number of rotatable bonds is 13. The van der Waals surface area contributed by atoms with Crippen molar-refractivity contribution in [2.75, 3.05) is 23.7 Å². The Labute approximate surface area is 233 Å². The molecule has 0 aromatic heterocycles. The van der Waals surface area contributed by atoms with Gasteiger partial charge in [0.2, 0.25) is 21.8 Å². The lowest BCUT2D eigenvalue weighted by Gasteiger charge is -2.31. The van der Waals surface area contributed by atoms with E-state index in [4.69, 9.17) is 11.6 Å². The molecule has 2 aromatic carbocycles. The summed E-state index contributed by atoms with van der Waals surface area (Å²) in [6.07, 6.45) is -3.48. The van der Waals surface area contributed by atoms with Crippen molar-refractivity contribution in [3.05, 3.63) is 64.7 Å². The van der Waals surface area contributed by atoms with E-state index in [9.17, 15) is 31.2 Å². The zero-order chi connectivity index (χ0) is 29.4. The van der Waals surface area contributed by atoms with Crippen molar-refractivity contribution < 1.29 is 31.2 Å². The number of alkyl halides is 3. The summed E-state index contributed by atoms with van der Waals surface area (Å²) < 4.78 is 65.3. The Morgan fingerprint density at radius 2 is 1.72 bits per heavy atom. The highest BCUT2D eigenvalue weighted by Crippen LogP contribution is 2.32. The fourth-order valence-corrected chi connectivity index (χ4v) is 5.05. The van der Waals surface area contributed by atoms with Gasteiger partial charge in [-0.2, -0.15) is 13.2 Å². The van der Waals surface area contributed by atoms with E-state index in [1.54, 1.807) is 31.2 Å². The van der Waals surface area contributed by atoms with Gasteiger partial charge in [0.25, 0.3) is 0 Å². The average molecular weight is 590 g/mol. The molecular formula is C27H35ClF3N3O4S. The molecule has 0 unspecified atom stereocenters. The quantitative estimate of drug-likeness (QED) is 0.335. The largest absolute Gasteiger partial charge is 0.416 e. The van der Waals surface area contributed by atoms with Gasteiger partial charge in [0, 0.05) is 31.1 Å². The second-order valence-electron chi connectivity index (χ2n) is 9.70. The zero-order valence-electron chi connectivity index (χ0n) is 22.5. The number of amides is 2. The molecule has 1 N–H and O–H groups in total. The minimum Gasteiger partial charge on any atom is -0.354 e. The van der Waals surface area contributed by atoms with E-state index >= 15 is 0 Å². The highest BCUT2D eigenvalue weighted by Gasteiger charge is 2.32. The van der Waals surface area contributed by atoms with Crippen LogP contribution in [0.15, 0.2) is 48.5 Å². The van der Waals surface area contributed by atoms with Gasteiger partial charge in [0.1, 0.15) is 6.04 Å². The maximum atomic E-state index is 13.4. The van der Waals surface area contributed by atoms with Crippen molar-refractivity contribution in [1.29, 1.82) is 0 Å². The lowest BCUT2D eigenvalue weighted by molar-refractivity contribution is -0.141. The molecule has 0 saturated carbocycles. The second kappa shape index (κ2) is 14.0. The molecule has 7 nitrogen and oxygen atoms in total. The summed E-state index contributed by atoms with van der Waals surface area (Å²) in [6, 6.07) is 10.1. The summed E-state index contributed by atoms with van der Waals surface area (Å²) in [6.45, 7) is 6.06. The molecule has 2 amide bonds. The van der Waals surface area contributed by atoms with Crippen molar-refractivity contribution in [1.82, 2.24) is 10.2 Å². The number of nitrogens with zero attached hydrogens (tertiary/aromatic N) is 2. The first-order valence-corrected chi connectivity index (χ1v) is 14.8. The summed E-state index contributed by atoms with van der Waals surface area (Å²) in [7, 11) is -3.94. The van der Waals surface area contributed by atoms with Crippen molar-refractivity contribution in [3.63, 3.8) is 0 Å². The Morgan fingerprint density at radius 1 is 1.08 bits per heavy atom. The molecule has 0 saturated heterocycles. The number of carbonyl (C=O) groups excluding carboxylic acids is 2. The molecule has 216 valence electrons. The van der Waals surface area contributed by atoms with Crippen LogP contribution < -0.4 is 9.62 Å². The number of hydrogen-bond donors (Lipinski definition) is 1. The van der Waals surface area contributed by atoms with Crippen LogP contribution in [-0.2, 0) is 32.3 Å². The van der Waals surface area contributed by atoms with Gasteiger partial charge in [-0.1, -0.05) is 50.6 Å². The van der Waals surface area contributed by atoms with E-state index < -0.39 is 27.8 Å². The SMILES string of the molecule is CC[C@@H](C(=O)NCC(C)C)N(Cc1ccc(Cl)cc1)C(=O)CCCN(c1cccc(C(F)(F)F)c1)S(C)(=O)=O. The second-order valence-corrected chi connectivity index (χ2v) is 12.0. The highest BCUT2D eigenvalue weighted by atomic mass is 35.5. The van der Waals surface area contributed by atoms with E-state index in [1.165, 1.54) is 11.0 Å². The van der Waals surface area contributed by atoms with E-state index in [1.807, 2.05) is 13.8 Å². The smallest absolute Gasteiger partial charge is 0.354 e. The monoisotopic (exact) mass is 589 g/mol. The molecule has 0 aliphatic heterocycles. The van der Waals surface area contributed by atoms with Crippen LogP contribution in [0.2, 0.25) is 5.02 Å². The van der Waals surface area contributed by atoms with Gasteiger partial charge < -0.3 is 10.2 Å². The summed E-state index contributed by atoms with van der Waals surface area (Å²) in [5.41, 5.74) is -0.362. The summed E-state index contributed by atoms with van der Waals surface area (Å²) in [5.74, 6) is -0.464. The summed E-state index contributed by atoms with van der Waals surface area (Å²) in [4.78, 5) is 27.8. The van der Waals surface area contributed by atoms with E-state index in [2.05, 4.69) is 5.32 Å². The number of nitrogens with one attached hydrogen (secondary N) is 1. The summed E-state index contributed by atoms with van der Waals surface area (Å²) >= 11 is 5.98. The third-order valence-corrected chi connectivity index (χ3v) is 7.40. The molecule has 0 fully saturated rings. The number of benzene rings is 2. The van der Waals surface area contributed by atoms with Crippen LogP contribution in [0.5, 0.6) is 0 Å². The molecule has 0 aliphatic rings. The first kappa shape index (κ1) is 32.4.